The third-order valence-corrected chi connectivity index (χ3v) is 6.25. The number of ether oxygens (including phenoxy) is 3. The number of Topliss-reactive ketones (excluding diaryl/α,β-unsaturated/α-hetero) is 1. The van der Waals surface area contributed by atoms with Gasteiger partial charge in [0.2, 0.25) is 0 Å². The van der Waals surface area contributed by atoms with Crippen LogP contribution in [-0.2, 0) is 9.59 Å². The lowest BCUT2D eigenvalue weighted by atomic mass is 9.95. The number of amides is 1. The van der Waals surface area contributed by atoms with Gasteiger partial charge in [-0.05, 0) is 75.7 Å². The maximum atomic E-state index is 13.5. The van der Waals surface area contributed by atoms with Gasteiger partial charge in [0.25, 0.3) is 11.7 Å². The third-order valence-electron chi connectivity index (χ3n) is 5.92. The second kappa shape index (κ2) is 11.6. The second-order valence-corrected chi connectivity index (χ2v) is 9.32. The molecule has 1 fully saturated rings. The Kier molecular flexibility index (Phi) is 8.27. The van der Waals surface area contributed by atoms with Gasteiger partial charge in [0.05, 0.1) is 36.0 Å². The number of carbonyl (C=O) groups is 2. The maximum absolute atomic E-state index is 13.5. The van der Waals surface area contributed by atoms with Crippen LogP contribution in [0.5, 0.6) is 17.2 Å². The number of carbonyl (C=O) groups excluding carboxylic acids is 2. The van der Waals surface area contributed by atoms with Crippen molar-refractivity contribution in [3.63, 3.8) is 0 Å². The van der Waals surface area contributed by atoms with Crippen LogP contribution < -0.4 is 19.1 Å². The zero-order chi connectivity index (χ0) is 27.4. The van der Waals surface area contributed by atoms with Crippen molar-refractivity contribution < 1.29 is 28.9 Å². The monoisotopic (exact) mass is 535 g/mol. The summed E-state index contributed by atoms with van der Waals surface area (Å²) in [6.45, 7) is 8.40. The molecule has 1 saturated heterocycles. The van der Waals surface area contributed by atoms with E-state index in [2.05, 4.69) is 0 Å². The van der Waals surface area contributed by atoms with Crippen LogP contribution in [-0.4, -0.2) is 36.1 Å². The van der Waals surface area contributed by atoms with E-state index in [0.717, 1.165) is 0 Å². The molecule has 0 bridgehead atoms. The Morgan fingerprint density at radius 1 is 0.921 bits per heavy atom. The van der Waals surface area contributed by atoms with Gasteiger partial charge in [0, 0.05) is 17.3 Å². The molecule has 3 aromatic rings. The summed E-state index contributed by atoms with van der Waals surface area (Å²) in [5.74, 6) is -0.306. The number of nitrogens with zero attached hydrogens (tertiary/aromatic N) is 1. The summed E-state index contributed by atoms with van der Waals surface area (Å²) in [6, 6.07) is 17.9. The van der Waals surface area contributed by atoms with Crippen LogP contribution in [0.15, 0.2) is 72.3 Å². The molecule has 1 amide bonds. The summed E-state index contributed by atoms with van der Waals surface area (Å²) in [6.07, 6.45) is -0.0208. The first-order valence-corrected chi connectivity index (χ1v) is 12.9. The molecule has 7 nitrogen and oxygen atoms in total. The fraction of sp³-hybridized carbons (Fsp3) is 0.267. The highest BCUT2D eigenvalue weighted by atomic mass is 35.5. The lowest BCUT2D eigenvalue weighted by Gasteiger charge is -2.26. The van der Waals surface area contributed by atoms with E-state index in [-0.39, 0.29) is 28.0 Å². The van der Waals surface area contributed by atoms with Crippen molar-refractivity contribution in [1.29, 1.82) is 0 Å². The topological polar surface area (TPSA) is 85.3 Å². The third kappa shape index (κ3) is 5.48. The Labute approximate surface area is 227 Å². The molecule has 1 unspecified atom stereocenters. The van der Waals surface area contributed by atoms with Crippen LogP contribution in [0.3, 0.4) is 0 Å². The van der Waals surface area contributed by atoms with Crippen molar-refractivity contribution in [3.8, 4) is 17.2 Å². The molecule has 1 atom stereocenters. The standard InChI is InChI=1S/C30H30ClNO6/c1-5-36-22-9-7-8-20(16-22)32-27(19-10-12-21(13-11-19)38-18(3)4)26(29(34)30(32)35)28(33)24-17-23(37-6-2)14-15-25(24)31/h7-18,27,33H,5-6H2,1-4H3/b28-26+. The van der Waals surface area contributed by atoms with Crippen molar-refractivity contribution >= 4 is 34.7 Å². The Bertz CT molecular complexity index is 1370. The molecule has 0 aliphatic carbocycles. The smallest absolute Gasteiger partial charge is 0.300 e. The summed E-state index contributed by atoms with van der Waals surface area (Å²) >= 11 is 6.43. The summed E-state index contributed by atoms with van der Waals surface area (Å²) in [5.41, 5.74) is 1.19. The van der Waals surface area contributed by atoms with Gasteiger partial charge in [0.15, 0.2) is 0 Å². The molecule has 3 aromatic carbocycles. The SMILES string of the molecule is CCOc1cccc(N2C(=O)C(=O)/C(=C(/O)c3cc(OCC)ccc3Cl)C2c2ccc(OC(C)C)cc2)c1. The van der Waals surface area contributed by atoms with Gasteiger partial charge in [-0.3, -0.25) is 14.5 Å². The van der Waals surface area contributed by atoms with E-state index < -0.39 is 17.7 Å². The van der Waals surface area contributed by atoms with Gasteiger partial charge in [0.1, 0.15) is 23.0 Å². The Balaban J connectivity index is 1.91. The molecule has 1 aliphatic heterocycles. The fourth-order valence-corrected chi connectivity index (χ4v) is 4.60. The van der Waals surface area contributed by atoms with Gasteiger partial charge in [-0.25, -0.2) is 0 Å². The van der Waals surface area contributed by atoms with Gasteiger partial charge in [-0.1, -0.05) is 29.8 Å². The fourth-order valence-electron chi connectivity index (χ4n) is 4.39. The lowest BCUT2D eigenvalue weighted by Crippen LogP contribution is -2.29. The van der Waals surface area contributed by atoms with E-state index in [1.807, 2.05) is 27.7 Å². The summed E-state index contributed by atoms with van der Waals surface area (Å²) in [7, 11) is 0. The molecule has 8 heteroatoms. The predicted molar refractivity (Wildman–Crippen MR) is 147 cm³/mol. The summed E-state index contributed by atoms with van der Waals surface area (Å²) in [4.78, 5) is 28.3. The predicted octanol–water partition coefficient (Wildman–Crippen LogP) is 6.55. The second-order valence-electron chi connectivity index (χ2n) is 8.91. The average molecular weight is 536 g/mol. The zero-order valence-electron chi connectivity index (χ0n) is 21.7. The normalized spacial score (nSPS) is 16.7. The molecule has 0 saturated carbocycles. The van der Waals surface area contributed by atoms with Crippen molar-refractivity contribution in [2.45, 2.75) is 39.8 Å². The number of ketones is 1. The van der Waals surface area contributed by atoms with Gasteiger partial charge in [-0.2, -0.15) is 0 Å². The Morgan fingerprint density at radius 3 is 2.18 bits per heavy atom. The number of hydrogen-bond acceptors (Lipinski definition) is 6. The number of rotatable bonds is 9. The Morgan fingerprint density at radius 2 is 1.55 bits per heavy atom. The van der Waals surface area contributed by atoms with Crippen LogP contribution in [0.2, 0.25) is 5.02 Å². The molecule has 0 radical (unpaired) electrons. The minimum Gasteiger partial charge on any atom is -0.507 e. The first-order chi connectivity index (χ1) is 18.2. The van der Waals surface area contributed by atoms with Crippen molar-refractivity contribution in [1.82, 2.24) is 0 Å². The quantitative estimate of drug-likeness (QED) is 0.190. The minimum absolute atomic E-state index is 0.0208. The molecule has 198 valence electrons. The maximum Gasteiger partial charge on any atom is 0.300 e. The van der Waals surface area contributed by atoms with Crippen molar-refractivity contribution in [2.24, 2.45) is 0 Å². The highest BCUT2D eigenvalue weighted by Crippen LogP contribution is 2.44. The highest BCUT2D eigenvalue weighted by Gasteiger charge is 2.47. The molecule has 0 aromatic heterocycles. The van der Waals surface area contributed by atoms with Gasteiger partial charge in [-0.15, -0.1) is 0 Å². The highest BCUT2D eigenvalue weighted by molar-refractivity contribution is 6.52. The van der Waals surface area contributed by atoms with Gasteiger partial charge < -0.3 is 19.3 Å². The van der Waals surface area contributed by atoms with E-state index in [4.69, 9.17) is 25.8 Å². The molecule has 4 rings (SSSR count). The molecule has 1 aliphatic rings. The van der Waals surface area contributed by atoms with Crippen LogP contribution in [0.1, 0.15) is 44.9 Å². The van der Waals surface area contributed by atoms with E-state index >= 15 is 0 Å². The number of aliphatic hydroxyl groups excluding tert-OH is 1. The molecule has 0 spiro atoms. The number of hydrogen-bond donors (Lipinski definition) is 1. The summed E-state index contributed by atoms with van der Waals surface area (Å²) < 4.78 is 17.0. The van der Waals surface area contributed by atoms with Crippen LogP contribution >= 0.6 is 11.6 Å². The molecular formula is C30H30ClNO6. The van der Waals surface area contributed by atoms with E-state index in [1.165, 1.54) is 4.90 Å². The van der Waals surface area contributed by atoms with Crippen LogP contribution in [0, 0.1) is 0 Å². The van der Waals surface area contributed by atoms with Crippen molar-refractivity contribution in [3.05, 3.63) is 88.5 Å². The van der Waals surface area contributed by atoms with Crippen LogP contribution in [0.4, 0.5) is 5.69 Å². The first kappa shape index (κ1) is 27.1. The van der Waals surface area contributed by atoms with Gasteiger partial charge >= 0.3 is 0 Å². The average Bonchev–Trinajstić information content (AvgIpc) is 3.15. The zero-order valence-corrected chi connectivity index (χ0v) is 22.5. The molecule has 1 N–H and O–H groups in total. The first-order valence-electron chi connectivity index (χ1n) is 12.5. The molecule has 1 heterocycles. The van der Waals surface area contributed by atoms with Crippen LogP contribution in [0.25, 0.3) is 5.76 Å². The lowest BCUT2D eigenvalue weighted by molar-refractivity contribution is -0.132. The van der Waals surface area contributed by atoms with E-state index in [1.54, 1.807) is 66.7 Å². The van der Waals surface area contributed by atoms with E-state index in [9.17, 15) is 14.7 Å². The molecular weight excluding hydrogens is 506 g/mol. The number of aliphatic hydroxyl groups is 1. The number of anilines is 1. The Hall–Kier alpha value is -3.97. The minimum atomic E-state index is -0.924. The van der Waals surface area contributed by atoms with E-state index in [0.29, 0.717) is 41.7 Å². The largest absolute Gasteiger partial charge is 0.507 e. The number of benzene rings is 3. The molecule has 38 heavy (non-hydrogen) atoms. The summed E-state index contributed by atoms with van der Waals surface area (Å²) in [5, 5.41) is 11.7. The van der Waals surface area contributed by atoms with Crippen molar-refractivity contribution in [2.75, 3.05) is 18.1 Å². The number of halogens is 1.